The van der Waals surface area contributed by atoms with Crippen LogP contribution in [0, 0.1) is 6.92 Å². The van der Waals surface area contributed by atoms with Gasteiger partial charge in [0.25, 0.3) is 0 Å². The van der Waals surface area contributed by atoms with Gasteiger partial charge in [-0.25, -0.2) is 0 Å². The normalized spacial score (nSPS) is 10.8. The molecule has 0 amide bonds. The van der Waals surface area contributed by atoms with E-state index in [4.69, 9.17) is 0 Å². The third kappa shape index (κ3) is 3.37. The van der Waals surface area contributed by atoms with E-state index in [-0.39, 0.29) is 5.78 Å². The topological polar surface area (TPSA) is 17.1 Å². The fourth-order valence-corrected chi connectivity index (χ4v) is 2.58. The van der Waals surface area contributed by atoms with Crippen LogP contribution in [0.25, 0.3) is 0 Å². The van der Waals surface area contributed by atoms with Crippen molar-refractivity contribution >= 4 is 21.7 Å². The number of halogens is 1. The number of carbonyl (C=O) groups is 1. The lowest BCUT2D eigenvalue weighted by atomic mass is 9.97. The number of hydrogen-bond donors (Lipinski definition) is 0. The Balaban J connectivity index is 2.17. The summed E-state index contributed by atoms with van der Waals surface area (Å²) in [5.74, 6) is 0.688. The van der Waals surface area contributed by atoms with Crippen molar-refractivity contribution in [3.8, 4) is 0 Å². The fourth-order valence-electron chi connectivity index (χ4n) is 2.21. The van der Waals surface area contributed by atoms with Crippen molar-refractivity contribution in [1.29, 1.82) is 0 Å². The van der Waals surface area contributed by atoms with Crippen LogP contribution in [0.3, 0.4) is 0 Å². The highest BCUT2D eigenvalue weighted by molar-refractivity contribution is 9.10. The Bertz CT molecular complexity index is 612. The largest absolute Gasteiger partial charge is 0.294 e. The second-order valence-electron chi connectivity index (χ2n) is 5.41. The predicted octanol–water partition coefficient (Wildman–Crippen LogP) is 5.31. The van der Waals surface area contributed by atoms with Gasteiger partial charge in [-0.3, -0.25) is 4.79 Å². The highest BCUT2D eigenvalue weighted by atomic mass is 79.9. The molecule has 104 valence electrons. The molecule has 2 heteroatoms. The minimum atomic E-state index is 0.168. The van der Waals surface area contributed by atoms with Crippen molar-refractivity contribution < 1.29 is 4.79 Å². The van der Waals surface area contributed by atoms with E-state index < -0.39 is 0 Å². The molecule has 2 aromatic carbocycles. The molecule has 0 atom stereocenters. The Morgan fingerprint density at radius 1 is 1.10 bits per heavy atom. The molecule has 0 N–H and O–H groups in total. The average Bonchev–Trinajstić information content (AvgIpc) is 2.42. The van der Waals surface area contributed by atoms with Gasteiger partial charge in [-0.2, -0.15) is 0 Å². The molecule has 0 unspecified atom stereocenters. The monoisotopic (exact) mass is 330 g/mol. The average molecular weight is 331 g/mol. The van der Waals surface area contributed by atoms with Crippen molar-refractivity contribution in [2.24, 2.45) is 0 Å². The first-order chi connectivity index (χ1) is 9.49. The lowest BCUT2D eigenvalue weighted by Crippen LogP contribution is -2.06. The van der Waals surface area contributed by atoms with Crippen LogP contribution in [0.4, 0.5) is 0 Å². The van der Waals surface area contributed by atoms with Crippen LogP contribution in [-0.4, -0.2) is 5.78 Å². The summed E-state index contributed by atoms with van der Waals surface area (Å²) in [6.45, 7) is 6.31. The van der Waals surface area contributed by atoms with Gasteiger partial charge in [0.1, 0.15) is 0 Å². The molecule has 0 aliphatic rings. The van der Waals surface area contributed by atoms with Crippen LogP contribution in [0.2, 0.25) is 0 Å². The van der Waals surface area contributed by atoms with E-state index in [1.807, 2.05) is 25.1 Å². The number of ketones is 1. The second kappa shape index (κ2) is 6.36. The van der Waals surface area contributed by atoms with E-state index in [1.165, 1.54) is 5.56 Å². The van der Waals surface area contributed by atoms with Crippen LogP contribution in [-0.2, 0) is 6.42 Å². The number of carbonyl (C=O) groups excluding carboxylic acids is 1. The fraction of sp³-hybridized carbons (Fsp3) is 0.278. The van der Waals surface area contributed by atoms with Crippen LogP contribution in [0.1, 0.15) is 46.8 Å². The molecule has 0 fully saturated rings. The first kappa shape index (κ1) is 15.0. The lowest BCUT2D eigenvalue weighted by Gasteiger charge is -2.08. The number of rotatable bonds is 4. The van der Waals surface area contributed by atoms with Crippen LogP contribution >= 0.6 is 15.9 Å². The van der Waals surface area contributed by atoms with E-state index in [2.05, 4.69) is 54.0 Å². The van der Waals surface area contributed by atoms with Crippen molar-refractivity contribution in [3.63, 3.8) is 0 Å². The van der Waals surface area contributed by atoms with E-state index >= 15 is 0 Å². The molecular weight excluding hydrogens is 312 g/mol. The molecule has 0 bridgehead atoms. The van der Waals surface area contributed by atoms with Crippen LogP contribution in [0.15, 0.2) is 46.9 Å². The zero-order chi connectivity index (χ0) is 14.7. The van der Waals surface area contributed by atoms with Crippen molar-refractivity contribution in [2.45, 2.75) is 33.1 Å². The van der Waals surface area contributed by atoms with Gasteiger partial charge >= 0.3 is 0 Å². The Morgan fingerprint density at radius 2 is 1.75 bits per heavy atom. The summed E-state index contributed by atoms with van der Waals surface area (Å²) in [7, 11) is 0. The zero-order valence-corrected chi connectivity index (χ0v) is 13.7. The molecule has 0 aliphatic carbocycles. The molecule has 0 spiro atoms. The van der Waals surface area contributed by atoms with E-state index in [0.717, 1.165) is 21.2 Å². The van der Waals surface area contributed by atoms with Crippen molar-refractivity contribution in [3.05, 3.63) is 69.2 Å². The van der Waals surface area contributed by atoms with Crippen molar-refractivity contribution in [2.75, 3.05) is 0 Å². The van der Waals surface area contributed by atoms with Crippen LogP contribution < -0.4 is 0 Å². The van der Waals surface area contributed by atoms with Gasteiger partial charge in [-0.15, -0.1) is 0 Å². The first-order valence-electron chi connectivity index (χ1n) is 6.86. The smallest absolute Gasteiger partial charge is 0.167 e. The minimum Gasteiger partial charge on any atom is -0.294 e. The molecule has 0 saturated heterocycles. The summed E-state index contributed by atoms with van der Waals surface area (Å²) in [5.41, 5.74) is 4.18. The highest BCUT2D eigenvalue weighted by Crippen LogP contribution is 2.21. The number of benzene rings is 2. The van der Waals surface area contributed by atoms with Gasteiger partial charge < -0.3 is 0 Å². The minimum absolute atomic E-state index is 0.168. The van der Waals surface area contributed by atoms with Gasteiger partial charge in [0.2, 0.25) is 0 Å². The summed E-state index contributed by atoms with van der Waals surface area (Å²) in [6, 6.07) is 14.1. The van der Waals surface area contributed by atoms with Gasteiger partial charge in [0.15, 0.2) is 5.78 Å². The van der Waals surface area contributed by atoms with Gasteiger partial charge in [-0.05, 0) is 35.6 Å². The summed E-state index contributed by atoms with van der Waals surface area (Å²) >= 11 is 3.47. The molecule has 0 saturated carbocycles. The first-order valence-corrected chi connectivity index (χ1v) is 7.65. The summed E-state index contributed by atoms with van der Waals surface area (Å²) in [6.07, 6.45) is 0.454. The molecule has 1 nitrogen and oxygen atoms in total. The molecule has 0 heterocycles. The third-order valence-electron chi connectivity index (χ3n) is 3.58. The Morgan fingerprint density at radius 3 is 2.35 bits per heavy atom. The maximum Gasteiger partial charge on any atom is 0.167 e. The van der Waals surface area contributed by atoms with Gasteiger partial charge in [-0.1, -0.05) is 66.2 Å². The second-order valence-corrected chi connectivity index (χ2v) is 6.26. The third-order valence-corrected chi connectivity index (χ3v) is 4.44. The molecule has 0 radical (unpaired) electrons. The summed E-state index contributed by atoms with van der Waals surface area (Å²) < 4.78 is 0.985. The van der Waals surface area contributed by atoms with E-state index in [1.54, 1.807) is 0 Å². The molecule has 20 heavy (non-hydrogen) atoms. The standard InChI is InChI=1S/C18H19BrO/c1-12(2)15-9-7-14(8-10-15)11-18(20)16-5-4-6-17(19)13(16)3/h4-10,12H,11H2,1-3H3. The summed E-state index contributed by atoms with van der Waals surface area (Å²) in [4.78, 5) is 12.4. The molecule has 0 aliphatic heterocycles. The van der Waals surface area contributed by atoms with E-state index in [9.17, 15) is 4.79 Å². The van der Waals surface area contributed by atoms with Crippen molar-refractivity contribution in [1.82, 2.24) is 0 Å². The van der Waals surface area contributed by atoms with Crippen LogP contribution in [0.5, 0.6) is 0 Å². The van der Waals surface area contributed by atoms with E-state index in [0.29, 0.717) is 12.3 Å². The molecule has 0 aromatic heterocycles. The Hall–Kier alpha value is -1.41. The number of Topliss-reactive ketones (excluding diaryl/α,β-unsaturated/α-hetero) is 1. The van der Waals surface area contributed by atoms with Gasteiger partial charge in [0.05, 0.1) is 0 Å². The Kier molecular flexibility index (Phi) is 4.77. The molecule has 2 aromatic rings. The SMILES string of the molecule is Cc1c(Br)cccc1C(=O)Cc1ccc(C(C)C)cc1. The maximum absolute atomic E-state index is 12.4. The number of hydrogen-bond acceptors (Lipinski definition) is 1. The molecular formula is C18H19BrO. The zero-order valence-electron chi connectivity index (χ0n) is 12.1. The Labute approximate surface area is 129 Å². The maximum atomic E-state index is 12.4. The highest BCUT2D eigenvalue weighted by Gasteiger charge is 2.11. The lowest BCUT2D eigenvalue weighted by molar-refractivity contribution is 0.0992. The quantitative estimate of drug-likeness (QED) is 0.694. The predicted molar refractivity (Wildman–Crippen MR) is 87.4 cm³/mol. The summed E-state index contributed by atoms with van der Waals surface area (Å²) in [5, 5.41) is 0. The van der Waals surface area contributed by atoms with Gasteiger partial charge in [0, 0.05) is 16.5 Å². The molecule has 2 rings (SSSR count).